The number of amides is 1. The van der Waals surface area contributed by atoms with Crippen LogP contribution in [-0.2, 0) is 9.53 Å². The van der Waals surface area contributed by atoms with E-state index in [-0.39, 0.29) is 5.03 Å². The van der Waals surface area contributed by atoms with Crippen LogP contribution in [0.15, 0.2) is 5.03 Å². The van der Waals surface area contributed by atoms with Crippen LogP contribution in [0.2, 0.25) is 0 Å². The number of nitrogens with zero attached hydrogens (tertiary/aromatic N) is 2. The molecule has 0 aromatic rings. The van der Waals surface area contributed by atoms with E-state index in [1.807, 2.05) is 0 Å². The molecule has 11 heavy (non-hydrogen) atoms. The average Bonchev–Trinajstić information content (AvgIpc) is 2.02. The van der Waals surface area contributed by atoms with E-state index >= 15 is 0 Å². The van der Waals surface area contributed by atoms with Crippen molar-refractivity contribution < 1.29 is 14.1 Å². The lowest BCUT2D eigenvalue weighted by Gasteiger charge is -1.90. The van der Waals surface area contributed by atoms with Crippen LogP contribution in [0, 0.1) is 0 Å². The van der Waals surface area contributed by atoms with E-state index in [1.165, 1.54) is 20.0 Å². The molecule has 0 radical (unpaired) electrons. The molecule has 1 amide bonds. The molecule has 60 valence electrons. The summed E-state index contributed by atoms with van der Waals surface area (Å²) in [4.78, 5) is 10.9. The summed E-state index contributed by atoms with van der Waals surface area (Å²) in [5, 5.41) is 7.81. The summed E-state index contributed by atoms with van der Waals surface area (Å²) in [7, 11) is 2.83. The Labute approximate surface area is 69.2 Å². The molecule has 0 saturated heterocycles. The first-order valence-electron chi connectivity index (χ1n) is 2.69. The van der Waals surface area contributed by atoms with Crippen molar-refractivity contribution in [3.63, 3.8) is 0 Å². The highest BCUT2D eigenvalue weighted by molar-refractivity contribution is 6.45. The van der Waals surface area contributed by atoms with Crippen molar-refractivity contribution in [1.82, 2.24) is 0 Å². The Bertz CT molecular complexity index is 241. The first kappa shape index (κ1) is 9.88. The zero-order valence-corrected chi connectivity index (χ0v) is 6.92. The van der Waals surface area contributed by atoms with Crippen molar-refractivity contribution in [2.24, 2.45) is 0 Å². The fourth-order valence-corrected chi connectivity index (χ4v) is 0.542. The minimum Gasteiger partial charge on any atom is -0.762 e. The summed E-state index contributed by atoms with van der Waals surface area (Å²) in [5.41, 5.74) is 0. The Hall–Kier alpha value is -1.12. The maximum atomic E-state index is 10.9. The smallest absolute Gasteiger partial charge is 0.439 e. The quantitative estimate of drug-likeness (QED) is 0.260. The number of rotatable bonds is 2. The van der Waals surface area contributed by atoms with Gasteiger partial charge in [0.05, 0.1) is 7.11 Å². The number of carbonyl (C=O) groups excluding carboxylic acids is 1. The average molecular weight is 175 g/mol. The molecular formula is C6H7ClN2O2. The molecule has 0 aliphatic carbocycles. The largest absolute Gasteiger partial charge is 0.762 e. The molecular weight excluding hydrogens is 168 g/mol. The van der Waals surface area contributed by atoms with Gasteiger partial charge in [0.1, 0.15) is 7.05 Å². The third-order valence-corrected chi connectivity index (χ3v) is 1.12. The molecule has 0 aliphatic rings. The molecule has 0 heterocycles. The fourth-order valence-electron chi connectivity index (χ4n) is 0.409. The zero-order chi connectivity index (χ0) is 8.85. The Balaban J connectivity index is 4.51. The molecule has 0 N–H and O–H groups in total. The van der Waals surface area contributed by atoms with Gasteiger partial charge in [-0.25, -0.2) is 10.7 Å². The van der Waals surface area contributed by atoms with Crippen LogP contribution in [0.3, 0.4) is 0 Å². The van der Waals surface area contributed by atoms with Gasteiger partial charge in [0.2, 0.25) is 0 Å². The second kappa shape index (κ2) is 4.66. The van der Waals surface area contributed by atoms with Gasteiger partial charge in [-0.05, 0) is 0 Å². The second-order valence-corrected chi connectivity index (χ2v) is 2.06. The monoisotopic (exact) mass is 174 g/mol. The lowest BCUT2D eigenvalue weighted by atomic mass is 10.5. The van der Waals surface area contributed by atoms with E-state index in [4.69, 9.17) is 17.0 Å². The summed E-state index contributed by atoms with van der Waals surface area (Å²) in [6.45, 7) is 0. The Morgan fingerprint density at radius 2 is 2.36 bits per heavy atom. The highest BCUT2D eigenvalue weighted by atomic mass is 35.5. The highest BCUT2D eigenvalue weighted by Crippen LogP contribution is 1.96. The Kier molecular flexibility index (Phi) is 4.18. The van der Waals surface area contributed by atoms with Gasteiger partial charge in [-0.3, -0.25) is 0 Å². The standard InChI is InChI=1S/C6H7ClN2O2/c1-9(4-11-2)6(10)5(7)3-8/h4H,1-2H3. The topological polar surface area (TPSA) is 51.6 Å². The van der Waals surface area contributed by atoms with Gasteiger partial charge in [-0.15, -0.1) is 4.58 Å². The normalized spacial score (nSPS) is 10.3. The zero-order valence-electron chi connectivity index (χ0n) is 6.17. The highest BCUT2D eigenvalue weighted by Gasteiger charge is 2.15. The van der Waals surface area contributed by atoms with Crippen molar-refractivity contribution in [1.29, 1.82) is 0 Å². The molecule has 0 aromatic heterocycles. The van der Waals surface area contributed by atoms with Crippen LogP contribution >= 0.6 is 11.6 Å². The van der Waals surface area contributed by atoms with E-state index in [2.05, 4.69) is 4.74 Å². The minimum absolute atomic E-state index is 0.388. The van der Waals surface area contributed by atoms with E-state index in [0.29, 0.717) is 0 Å². The van der Waals surface area contributed by atoms with Gasteiger partial charge < -0.3 is 10.1 Å². The number of halogens is 1. The predicted octanol–water partition coefficient (Wildman–Crippen LogP) is 0.192. The molecule has 0 saturated carbocycles. The fraction of sp³-hybridized carbons (Fsp3) is 0.333. The van der Waals surface area contributed by atoms with Crippen molar-refractivity contribution in [3.8, 4) is 0 Å². The van der Waals surface area contributed by atoms with Crippen molar-refractivity contribution in [2.45, 2.75) is 0 Å². The van der Waals surface area contributed by atoms with E-state index in [1.54, 1.807) is 0 Å². The molecule has 0 aliphatic heterocycles. The molecule has 5 heteroatoms. The van der Waals surface area contributed by atoms with Gasteiger partial charge in [-0.1, -0.05) is 11.6 Å². The number of carbonyl (C=O) groups is 1. The minimum atomic E-state index is -0.587. The number of likely N-dealkylation sites (N-methyl/N-ethyl adjacent to an activating group) is 1. The molecule has 0 aromatic carbocycles. The summed E-state index contributed by atoms with van der Waals surface area (Å²) in [6, 6.07) is 0. The number of methoxy groups -OCH3 is 1. The van der Waals surface area contributed by atoms with Crippen molar-refractivity contribution in [3.05, 3.63) is 10.4 Å². The van der Waals surface area contributed by atoms with Gasteiger partial charge in [0.15, 0.2) is 5.03 Å². The van der Waals surface area contributed by atoms with Crippen LogP contribution in [0.5, 0.6) is 0 Å². The number of hydrogen-bond donors (Lipinski definition) is 0. The Morgan fingerprint density at radius 1 is 1.82 bits per heavy atom. The first-order chi connectivity index (χ1) is 5.13. The predicted molar refractivity (Wildman–Crippen MR) is 42.0 cm³/mol. The summed E-state index contributed by atoms with van der Waals surface area (Å²) >= 11 is 5.24. The molecule has 0 unspecified atom stereocenters. The summed E-state index contributed by atoms with van der Waals surface area (Å²) in [5.74, 6) is 0.932. The lowest BCUT2D eigenvalue weighted by Crippen LogP contribution is -2.18. The van der Waals surface area contributed by atoms with Crippen molar-refractivity contribution >= 4 is 29.8 Å². The number of hydrogen-bond acceptors (Lipinski definition) is 2. The molecule has 4 nitrogen and oxygen atoms in total. The van der Waals surface area contributed by atoms with Crippen LogP contribution in [0.1, 0.15) is 0 Å². The van der Waals surface area contributed by atoms with Crippen LogP contribution in [-0.4, -0.2) is 36.9 Å². The van der Waals surface area contributed by atoms with Gasteiger partial charge in [0, 0.05) is 0 Å². The molecule has 0 atom stereocenters. The molecule has 0 fully saturated rings. The molecule has 0 spiro atoms. The van der Waals surface area contributed by atoms with Crippen LogP contribution in [0.4, 0.5) is 0 Å². The molecule has 0 rings (SSSR count). The molecule has 0 bridgehead atoms. The van der Waals surface area contributed by atoms with Gasteiger partial charge in [-0.2, -0.15) is 0 Å². The third kappa shape index (κ3) is 2.98. The lowest BCUT2D eigenvalue weighted by molar-refractivity contribution is -0.416. The maximum Gasteiger partial charge on any atom is 0.439 e. The van der Waals surface area contributed by atoms with Gasteiger partial charge in [0.25, 0.3) is 0 Å². The third-order valence-electron chi connectivity index (χ3n) is 0.870. The van der Waals surface area contributed by atoms with E-state index in [9.17, 15) is 4.79 Å². The number of ether oxygens (including phenoxy) is 1. The van der Waals surface area contributed by atoms with Crippen LogP contribution < -0.4 is 0 Å². The van der Waals surface area contributed by atoms with Crippen LogP contribution in [0.25, 0.3) is 5.41 Å². The van der Waals surface area contributed by atoms with Crippen molar-refractivity contribution in [2.75, 3.05) is 14.2 Å². The van der Waals surface area contributed by atoms with E-state index < -0.39 is 5.91 Å². The summed E-state index contributed by atoms with van der Waals surface area (Å²) < 4.78 is 5.59. The maximum absolute atomic E-state index is 10.9. The van der Waals surface area contributed by atoms with Gasteiger partial charge >= 0.3 is 12.3 Å². The Morgan fingerprint density at radius 3 is 2.73 bits per heavy atom. The summed E-state index contributed by atoms with van der Waals surface area (Å²) in [6.07, 6.45) is 1.15. The SMILES string of the molecule is COC=[N+](C)C(=O)C(Cl)=C=[N-]. The first-order valence-corrected chi connectivity index (χ1v) is 3.07. The second-order valence-electron chi connectivity index (χ2n) is 1.68. The van der Waals surface area contributed by atoms with E-state index in [0.717, 1.165) is 11.0 Å².